The average Bonchev–Trinajstić information content (AvgIpc) is 2.32. The van der Waals surface area contributed by atoms with Crippen molar-refractivity contribution >= 4 is 10.0 Å². The third kappa shape index (κ3) is 4.05. The fourth-order valence-electron chi connectivity index (χ4n) is 2.21. The summed E-state index contributed by atoms with van der Waals surface area (Å²) in [4.78, 5) is 0. The van der Waals surface area contributed by atoms with E-state index in [-0.39, 0.29) is 5.75 Å². The molecule has 0 radical (unpaired) electrons. The van der Waals surface area contributed by atoms with Crippen LogP contribution in [-0.4, -0.2) is 15.0 Å². The van der Waals surface area contributed by atoms with Crippen molar-refractivity contribution in [2.45, 2.75) is 31.4 Å². The second kappa shape index (κ2) is 6.18. The van der Waals surface area contributed by atoms with Gasteiger partial charge in [-0.2, -0.15) is 5.26 Å². The van der Waals surface area contributed by atoms with E-state index in [9.17, 15) is 8.42 Å². The van der Waals surface area contributed by atoms with Gasteiger partial charge in [-0.3, -0.25) is 0 Å². The van der Waals surface area contributed by atoms with Gasteiger partial charge >= 0.3 is 0 Å². The molecule has 1 aliphatic carbocycles. The van der Waals surface area contributed by atoms with E-state index in [1.165, 1.54) is 19.3 Å². The smallest absolute Gasteiger partial charge is 0.215 e. The van der Waals surface area contributed by atoms with Crippen molar-refractivity contribution in [2.75, 3.05) is 6.54 Å². The van der Waals surface area contributed by atoms with Gasteiger partial charge in [0.05, 0.1) is 17.4 Å². The molecule has 0 heterocycles. The zero-order chi connectivity index (χ0) is 13.7. The van der Waals surface area contributed by atoms with Crippen molar-refractivity contribution in [1.29, 1.82) is 5.26 Å². The van der Waals surface area contributed by atoms with E-state index in [0.29, 0.717) is 23.6 Å². The van der Waals surface area contributed by atoms with Gasteiger partial charge in [0, 0.05) is 6.54 Å². The minimum absolute atomic E-state index is 0.124. The molecule has 0 spiro atoms. The number of nitriles is 1. The molecule has 19 heavy (non-hydrogen) atoms. The van der Waals surface area contributed by atoms with E-state index in [0.717, 1.165) is 6.42 Å². The van der Waals surface area contributed by atoms with Crippen LogP contribution >= 0.6 is 0 Å². The Hall–Kier alpha value is -1.38. The number of benzene rings is 1. The van der Waals surface area contributed by atoms with Crippen molar-refractivity contribution in [3.63, 3.8) is 0 Å². The van der Waals surface area contributed by atoms with Crippen LogP contribution in [-0.2, 0) is 15.8 Å². The fraction of sp³-hybridized carbons (Fsp3) is 0.500. The highest BCUT2D eigenvalue weighted by Crippen LogP contribution is 2.28. The monoisotopic (exact) mass is 278 g/mol. The second-order valence-corrected chi connectivity index (χ2v) is 6.81. The Labute approximate surface area is 114 Å². The fourth-order valence-corrected chi connectivity index (χ4v) is 3.40. The Balaban J connectivity index is 1.90. The quantitative estimate of drug-likeness (QED) is 0.867. The highest BCUT2D eigenvalue weighted by Gasteiger charge is 2.19. The maximum Gasteiger partial charge on any atom is 0.215 e. The van der Waals surface area contributed by atoms with Crippen LogP contribution in [0.5, 0.6) is 0 Å². The van der Waals surface area contributed by atoms with Crippen LogP contribution in [0.4, 0.5) is 0 Å². The first-order valence-corrected chi connectivity index (χ1v) is 8.21. The molecule has 4 nitrogen and oxygen atoms in total. The third-order valence-corrected chi connectivity index (χ3v) is 4.92. The van der Waals surface area contributed by atoms with Gasteiger partial charge in [0.15, 0.2) is 0 Å². The zero-order valence-corrected chi connectivity index (χ0v) is 11.6. The molecule has 0 bridgehead atoms. The lowest BCUT2D eigenvalue weighted by Gasteiger charge is -2.25. The molecule has 2 rings (SSSR count). The van der Waals surface area contributed by atoms with Crippen molar-refractivity contribution < 1.29 is 8.42 Å². The van der Waals surface area contributed by atoms with E-state index in [4.69, 9.17) is 5.26 Å². The lowest BCUT2D eigenvalue weighted by molar-refractivity contribution is 0.297. The summed E-state index contributed by atoms with van der Waals surface area (Å²) in [6.07, 6.45) is 4.63. The Kier molecular flexibility index (Phi) is 4.56. The van der Waals surface area contributed by atoms with Crippen molar-refractivity contribution in [1.82, 2.24) is 4.72 Å². The molecule has 1 aromatic rings. The van der Waals surface area contributed by atoms with Gasteiger partial charge in [0.25, 0.3) is 0 Å². The molecule has 0 amide bonds. The first-order chi connectivity index (χ1) is 9.11. The predicted molar refractivity (Wildman–Crippen MR) is 73.7 cm³/mol. The van der Waals surface area contributed by atoms with Crippen LogP contribution in [0, 0.1) is 17.2 Å². The number of sulfonamides is 1. The molecular formula is C14H18N2O2S. The van der Waals surface area contributed by atoms with Crippen LogP contribution in [0.3, 0.4) is 0 Å². The molecule has 0 aliphatic heterocycles. The maximum absolute atomic E-state index is 11.9. The minimum atomic E-state index is -3.35. The second-order valence-electron chi connectivity index (χ2n) is 5.01. The molecule has 1 fully saturated rings. The van der Waals surface area contributed by atoms with E-state index >= 15 is 0 Å². The predicted octanol–water partition coefficient (Wildman–Crippen LogP) is 2.17. The van der Waals surface area contributed by atoms with Gasteiger partial charge in [0.2, 0.25) is 10.0 Å². The summed E-state index contributed by atoms with van der Waals surface area (Å²) in [6.45, 7) is 0.502. The van der Waals surface area contributed by atoms with Crippen LogP contribution in [0.25, 0.3) is 0 Å². The molecule has 5 heteroatoms. The first-order valence-electron chi connectivity index (χ1n) is 6.56. The third-order valence-electron chi connectivity index (χ3n) is 3.58. The summed E-state index contributed by atoms with van der Waals surface area (Å²) in [6, 6.07) is 8.83. The van der Waals surface area contributed by atoms with Crippen molar-refractivity contribution in [3.05, 3.63) is 35.4 Å². The minimum Gasteiger partial charge on any atom is -0.215 e. The number of hydrogen-bond donors (Lipinski definition) is 1. The lowest BCUT2D eigenvalue weighted by Crippen LogP contribution is -2.28. The van der Waals surface area contributed by atoms with E-state index in [2.05, 4.69) is 4.72 Å². The molecule has 102 valence electrons. The van der Waals surface area contributed by atoms with E-state index < -0.39 is 10.0 Å². The zero-order valence-electron chi connectivity index (χ0n) is 10.8. The van der Waals surface area contributed by atoms with Gasteiger partial charge < -0.3 is 0 Å². The summed E-state index contributed by atoms with van der Waals surface area (Å²) in [7, 11) is -3.35. The number of hydrogen-bond acceptors (Lipinski definition) is 3. The first kappa shape index (κ1) is 14.0. The molecular weight excluding hydrogens is 260 g/mol. The van der Waals surface area contributed by atoms with Crippen LogP contribution in [0.2, 0.25) is 0 Å². The molecule has 0 saturated heterocycles. The number of rotatable bonds is 6. The van der Waals surface area contributed by atoms with Crippen molar-refractivity contribution in [3.8, 4) is 6.07 Å². The molecule has 1 aliphatic rings. The summed E-state index contributed by atoms with van der Waals surface area (Å²) in [5.41, 5.74) is 0.980. The Morgan fingerprint density at radius 2 is 2.05 bits per heavy atom. The molecule has 0 atom stereocenters. The van der Waals surface area contributed by atoms with Gasteiger partial charge in [-0.05, 0) is 24.0 Å². The Morgan fingerprint density at radius 3 is 2.68 bits per heavy atom. The summed E-state index contributed by atoms with van der Waals surface area (Å²) in [5, 5.41) is 8.94. The van der Waals surface area contributed by atoms with Crippen LogP contribution in [0.15, 0.2) is 24.3 Å². The highest BCUT2D eigenvalue weighted by molar-refractivity contribution is 7.88. The molecule has 1 aromatic carbocycles. The average molecular weight is 278 g/mol. The molecule has 0 unspecified atom stereocenters. The SMILES string of the molecule is N#Cc1ccccc1CS(=O)(=O)NCCC1CCC1. The van der Waals surface area contributed by atoms with E-state index in [1.807, 2.05) is 6.07 Å². The maximum atomic E-state index is 11.9. The summed E-state index contributed by atoms with van der Waals surface area (Å²) < 4.78 is 26.5. The topological polar surface area (TPSA) is 70.0 Å². The highest BCUT2D eigenvalue weighted by atomic mass is 32.2. The van der Waals surface area contributed by atoms with Gasteiger partial charge in [-0.25, -0.2) is 13.1 Å². The van der Waals surface area contributed by atoms with Gasteiger partial charge in [-0.15, -0.1) is 0 Å². The van der Waals surface area contributed by atoms with Gasteiger partial charge in [0.1, 0.15) is 0 Å². The standard InChI is InChI=1S/C14H18N2O2S/c15-10-13-6-1-2-7-14(13)11-19(17,18)16-9-8-12-4-3-5-12/h1-2,6-7,12,16H,3-5,8-9,11H2. The van der Waals surface area contributed by atoms with Gasteiger partial charge in [-0.1, -0.05) is 37.5 Å². The van der Waals surface area contributed by atoms with Crippen LogP contribution in [0.1, 0.15) is 36.8 Å². The Bertz CT molecular complexity index is 571. The molecule has 1 N–H and O–H groups in total. The van der Waals surface area contributed by atoms with Crippen molar-refractivity contribution in [2.24, 2.45) is 5.92 Å². The summed E-state index contributed by atoms with van der Waals surface area (Å²) in [5.74, 6) is 0.565. The van der Waals surface area contributed by atoms with Crippen LogP contribution < -0.4 is 4.72 Å². The Morgan fingerprint density at radius 1 is 1.32 bits per heavy atom. The number of nitrogens with one attached hydrogen (secondary N) is 1. The normalized spacial score (nSPS) is 15.7. The molecule has 0 aromatic heterocycles. The van der Waals surface area contributed by atoms with E-state index in [1.54, 1.807) is 24.3 Å². The summed E-state index contributed by atoms with van der Waals surface area (Å²) >= 11 is 0. The molecule has 1 saturated carbocycles. The largest absolute Gasteiger partial charge is 0.215 e. The lowest BCUT2D eigenvalue weighted by atomic mass is 9.83. The number of nitrogens with zero attached hydrogens (tertiary/aromatic N) is 1.